The molecule has 0 fully saturated rings. The summed E-state index contributed by atoms with van der Waals surface area (Å²) >= 11 is 9.22. The minimum atomic E-state index is 0.237. The molecule has 0 aliphatic rings. The Kier molecular flexibility index (Phi) is 4.44. The summed E-state index contributed by atoms with van der Waals surface area (Å²) in [6.07, 6.45) is 1.33. The molecular weight excluding hydrogens is 334 g/mol. The standard InChI is InChI=1S/C12H11BrClN3O2/c1-2-18-11-10(15)12(17-6-16-11)19-9-4-3-7(14)5-8(9)13/h3-6H,2,15H2,1H3. The largest absolute Gasteiger partial charge is 0.476 e. The molecule has 0 saturated carbocycles. The zero-order chi connectivity index (χ0) is 13.8. The molecule has 0 aliphatic heterocycles. The van der Waals surface area contributed by atoms with Crippen molar-refractivity contribution in [3.63, 3.8) is 0 Å². The van der Waals surface area contributed by atoms with E-state index in [2.05, 4.69) is 25.9 Å². The molecule has 0 saturated heterocycles. The Hall–Kier alpha value is -1.53. The van der Waals surface area contributed by atoms with Crippen molar-refractivity contribution in [3.05, 3.63) is 34.0 Å². The van der Waals surface area contributed by atoms with Crippen LogP contribution in [0.5, 0.6) is 17.5 Å². The van der Waals surface area contributed by atoms with E-state index < -0.39 is 0 Å². The molecule has 1 aromatic heterocycles. The van der Waals surface area contributed by atoms with Crippen LogP contribution in [0.25, 0.3) is 0 Å². The first-order valence-corrected chi connectivity index (χ1v) is 6.65. The van der Waals surface area contributed by atoms with Crippen LogP contribution in [-0.4, -0.2) is 16.6 Å². The van der Waals surface area contributed by atoms with Gasteiger partial charge in [0.1, 0.15) is 12.1 Å². The average molecular weight is 345 g/mol. The number of rotatable bonds is 4. The van der Waals surface area contributed by atoms with Gasteiger partial charge in [0.05, 0.1) is 11.1 Å². The molecule has 1 aromatic carbocycles. The zero-order valence-corrected chi connectivity index (χ0v) is 12.4. The van der Waals surface area contributed by atoms with Crippen LogP contribution in [0.1, 0.15) is 6.92 Å². The predicted octanol–water partition coefficient (Wildman–Crippen LogP) is 3.67. The lowest BCUT2D eigenvalue weighted by atomic mass is 10.3. The van der Waals surface area contributed by atoms with Crippen molar-refractivity contribution in [1.29, 1.82) is 0 Å². The van der Waals surface area contributed by atoms with Crippen molar-refractivity contribution < 1.29 is 9.47 Å². The maximum Gasteiger partial charge on any atom is 0.249 e. The molecule has 0 aliphatic carbocycles. The predicted molar refractivity (Wildman–Crippen MR) is 76.8 cm³/mol. The van der Waals surface area contributed by atoms with Crippen LogP contribution in [0.4, 0.5) is 5.69 Å². The summed E-state index contributed by atoms with van der Waals surface area (Å²) in [5.74, 6) is 1.09. The van der Waals surface area contributed by atoms with Gasteiger partial charge in [0.15, 0.2) is 5.69 Å². The smallest absolute Gasteiger partial charge is 0.249 e. The summed E-state index contributed by atoms with van der Waals surface area (Å²) in [5.41, 5.74) is 6.14. The summed E-state index contributed by atoms with van der Waals surface area (Å²) in [6, 6.07) is 5.15. The summed E-state index contributed by atoms with van der Waals surface area (Å²) < 4.78 is 11.6. The van der Waals surface area contributed by atoms with E-state index in [0.717, 1.165) is 0 Å². The second-order valence-electron chi connectivity index (χ2n) is 3.51. The molecule has 2 rings (SSSR count). The van der Waals surface area contributed by atoms with Crippen LogP contribution < -0.4 is 15.2 Å². The van der Waals surface area contributed by atoms with Gasteiger partial charge in [-0.25, -0.2) is 0 Å². The Balaban J connectivity index is 2.30. The van der Waals surface area contributed by atoms with Gasteiger partial charge in [-0.1, -0.05) is 11.6 Å². The number of hydrogen-bond acceptors (Lipinski definition) is 5. The molecular formula is C12H11BrClN3O2. The van der Waals surface area contributed by atoms with Crippen LogP contribution >= 0.6 is 27.5 Å². The van der Waals surface area contributed by atoms with Crippen LogP contribution in [-0.2, 0) is 0 Å². The minimum absolute atomic E-state index is 0.237. The molecule has 0 spiro atoms. The van der Waals surface area contributed by atoms with E-state index in [1.165, 1.54) is 6.33 Å². The summed E-state index contributed by atoms with van der Waals surface area (Å²) in [5, 5.41) is 0.602. The molecule has 0 amide bonds. The normalized spacial score (nSPS) is 10.3. The molecule has 5 nitrogen and oxygen atoms in total. The van der Waals surface area contributed by atoms with Gasteiger partial charge in [-0.2, -0.15) is 9.97 Å². The third-order valence-electron chi connectivity index (χ3n) is 2.19. The maximum atomic E-state index is 5.88. The third kappa shape index (κ3) is 3.27. The van der Waals surface area contributed by atoms with E-state index >= 15 is 0 Å². The first kappa shape index (κ1) is 13.9. The van der Waals surface area contributed by atoms with Gasteiger partial charge in [-0.3, -0.25) is 0 Å². The number of ether oxygens (including phenoxy) is 2. The van der Waals surface area contributed by atoms with E-state index in [4.69, 9.17) is 26.8 Å². The van der Waals surface area contributed by atoms with E-state index in [-0.39, 0.29) is 11.6 Å². The molecule has 100 valence electrons. The lowest BCUT2D eigenvalue weighted by Crippen LogP contribution is -2.03. The van der Waals surface area contributed by atoms with Crippen LogP contribution in [0.3, 0.4) is 0 Å². The van der Waals surface area contributed by atoms with E-state index in [9.17, 15) is 0 Å². The van der Waals surface area contributed by atoms with Gasteiger partial charge in [0.25, 0.3) is 0 Å². The van der Waals surface area contributed by atoms with Crippen molar-refractivity contribution in [1.82, 2.24) is 9.97 Å². The second-order valence-corrected chi connectivity index (χ2v) is 4.80. The third-order valence-corrected chi connectivity index (χ3v) is 3.05. The molecule has 2 N–H and O–H groups in total. The highest BCUT2D eigenvalue weighted by Crippen LogP contribution is 2.35. The quantitative estimate of drug-likeness (QED) is 0.916. The maximum absolute atomic E-state index is 5.88. The molecule has 7 heteroatoms. The first-order valence-electron chi connectivity index (χ1n) is 5.48. The Morgan fingerprint density at radius 1 is 1.32 bits per heavy atom. The van der Waals surface area contributed by atoms with E-state index in [0.29, 0.717) is 27.7 Å². The molecule has 0 unspecified atom stereocenters. The fraction of sp³-hybridized carbons (Fsp3) is 0.167. The Morgan fingerprint density at radius 2 is 2.05 bits per heavy atom. The summed E-state index contributed by atoms with van der Waals surface area (Å²) in [7, 11) is 0. The number of nitrogens with two attached hydrogens (primary N) is 1. The van der Waals surface area contributed by atoms with Crippen molar-refractivity contribution in [2.45, 2.75) is 6.92 Å². The molecule has 0 bridgehead atoms. The van der Waals surface area contributed by atoms with Gasteiger partial charge in [-0.15, -0.1) is 0 Å². The fourth-order valence-corrected chi connectivity index (χ4v) is 2.12. The van der Waals surface area contributed by atoms with E-state index in [1.807, 2.05) is 6.92 Å². The highest BCUT2D eigenvalue weighted by atomic mass is 79.9. The zero-order valence-electron chi connectivity index (χ0n) is 10.1. The number of nitrogen functional groups attached to an aromatic ring is 1. The SMILES string of the molecule is CCOc1ncnc(Oc2ccc(Cl)cc2Br)c1N. The lowest BCUT2D eigenvalue weighted by molar-refractivity contribution is 0.325. The van der Waals surface area contributed by atoms with Crippen molar-refractivity contribution in [2.24, 2.45) is 0 Å². The van der Waals surface area contributed by atoms with E-state index in [1.54, 1.807) is 18.2 Å². The molecule has 0 radical (unpaired) electrons. The molecule has 2 aromatic rings. The van der Waals surface area contributed by atoms with Gasteiger partial charge < -0.3 is 15.2 Å². The molecule has 19 heavy (non-hydrogen) atoms. The average Bonchev–Trinajstić information content (AvgIpc) is 2.37. The van der Waals surface area contributed by atoms with Crippen molar-refractivity contribution in [2.75, 3.05) is 12.3 Å². The van der Waals surface area contributed by atoms with Crippen LogP contribution in [0.15, 0.2) is 29.0 Å². The summed E-state index contributed by atoms with van der Waals surface area (Å²) in [4.78, 5) is 7.92. The van der Waals surface area contributed by atoms with Crippen LogP contribution in [0.2, 0.25) is 5.02 Å². The van der Waals surface area contributed by atoms with Gasteiger partial charge in [0, 0.05) is 5.02 Å². The second kappa shape index (κ2) is 6.08. The number of benzene rings is 1. The lowest BCUT2D eigenvalue weighted by Gasteiger charge is -2.11. The van der Waals surface area contributed by atoms with Crippen molar-refractivity contribution >= 4 is 33.2 Å². The fourth-order valence-electron chi connectivity index (χ4n) is 1.36. The van der Waals surface area contributed by atoms with Crippen LogP contribution in [0, 0.1) is 0 Å². The number of anilines is 1. The Labute approximate surface area is 123 Å². The number of halogens is 2. The highest BCUT2D eigenvalue weighted by Gasteiger charge is 2.12. The number of aromatic nitrogens is 2. The first-order chi connectivity index (χ1) is 9.11. The molecule has 1 heterocycles. The van der Waals surface area contributed by atoms with Crippen molar-refractivity contribution in [3.8, 4) is 17.5 Å². The molecule has 0 atom stereocenters. The van der Waals surface area contributed by atoms with Gasteiger partial charge in [-0.05, 0) is 41.1 Å². The summed E-state index contributed by atoms with van der Waals surface area (Å²) in [6.45, 7) is 2.31. The monoisotopic (exact) mass is 343 g/mol. The minimum Gasteiger partial charge on any atom is -0.476 e. The van der Waals surface area contributed by atoms with Gasteiger partial charge >= 0.3 is 0 Å². The number of hydrogen-bond donors (Lipinski definition) is 1. The Bertz CT molecular complexity index is 595. The van der Waals surface area contributed by atoms with Gasteiger partial charge in [0.2, 0.25) is 11.8 Å². The Morgan fingerprint density at radius 3 is 2.74 bits per heavy atom. The number of nitrogens with zero attached hydrogens (tertiary/aromatic N) is 2. The highest BCUT2D eigenvalue weighted by molar-refractivity contribution is 9.10. The topological polar surface area (TPSA) is 70.3 Å².